The molecule has 8 nitrogen and oxygen atoms in total. The molecule has 3 aromatic heterocycles. The lowest BCUT2D eigenvalue weighted by Gasteiger charge is -2.08. The molecule has 4 rings (SSSR count). The Morgan fingerprint density at radius 2 is 1.96 bits per heavy atom. The number of nitrogens with one attached hydrogen (secondary N) is 1. The number of hydrogen-bond donors (Lipinski definition) is 1. The van der Waals surface area contributed by atoms with Crippen molar-refractivity contribution in [2.45, 2.75) is 13.5 Å². The van der Waals surface area contributed by atoms with Crippen LogP contribution in [0, 0.1) is 0 Å². The number of aromatic nitrogens is 5. The molecule has 0 saturated carbocycles. The number of fused-ring (bicyclic) bond motifs is 1. The minimum Gasteiger partial charge on any atom is -0.318 e. The monoisotopic (exact) mass is 334 g/mol. The van der Waals surface area contributed by atoms with Gasteiger partial charge in [-0.05, 0) is 40.1 Å². The van der Waals surface area contributed by atoms with Crippen LogP contribution in [0.3, 0.4) is 0 Å². The summed E-state index contributed by atoms with van der Waals surface area (Å²) >= 11 is 0. The van der Waals surface area contributed by atoms with Gasteiger partial charge < -0.3 is 9.88 Å². The van der Waals surface area contributed by atoms with Crippen LogP contribution in [0.1, 0.15) is 12.5 Å². The first-order valence-electron chi connectivity index (χ1n) is 7.67. The fourth-order valence-electron chi connectivity index (χ4n) is 2.67. The molecule has 25 heavy (non-hydrogen) atoms. The summed E-state index contributed by atoms with van der Waals surface area (Å²) in [5.74, 6) is 0.565. The summed E-state index contributed by atoms with van der Waals surface area (Å²) in [6.07, 6.45) is 3.49. The third-order valence-corrected chi connectivity index (χ3v) is 3.74. The predicted molar refractivity (Wildman–Crippen MR) is 90.7 cm³/mol. The van der Waals surface area contributed by atoms with E-state index < -0.39 is 0 Å². The topological polar surface area (TPSA) is 98.7 Å². The van der Waals surface area contributed by atoms with Gasteiger partial charge in [0.2, 0.25) is 11.7 Å². The summed E-state index contributed by atoms with van der Waals surface area (Å²) < 4.78 is 6.83. The summed E-state index contributed by atoms with van der Waals surface area (Å²) in [4.78, 5) is 20.1. The zero-order chi connectivity index (χ0) is 17.2. The molecule has 0 aliphatic rings. The van der Waals surface area contributed by atoms with Crippen LogP contribution in [0.2, 0.25) is 0 Å². The largest absolute Gasteiger partial charge is 0.318 e. The second kappa shape index (κ2) is 6.16. The third-order valence-electron chi connectivity index (χ3n) is 3.74. The van der Waals surface area contributed by atoms with Crippen molar-refractivity contribution in [2.75, 3.05) is 5.32 Å². The van der Waals surface area contributed by atoms with Crippen molar-refractivity contribution in [2.24, 2.45) is 0 Å². The van der Waals surface area contributed by atoms with Crippen molar-refractivity contribution < 1.29 is 9.42 Å². The Kier molecular flexibility index (Phi) is 3.70. The second-order valence-electron chi connectivity index (χ2n) is 5.51. The van der Waals surface area contributed by atoms with Crippen molar-refractivity contribution >= 4 is 22.8 Å². The maximum atomic E-state index is 11.4. The number of imidazole rings is 1. The molecular weight excluding hydrogens is 320 g/mol. The van der Waals surface area contributed by atoms with Crippen molar-refractivity contribution in [1.82, 2.24) is 24.8 Å². The number of anilines is 1. The summed E-state index contributed by atoms with van der Waals surface area (Å²) in [5, 5.41) is 10.3. The van der Waals surface area contributed by atoms with Gasteiger partial charge in [0.25, 0.3) is 0 Å². The van der Waals surface area contributed by atoms with Gasteiger partial charge in [-0.3, -0.25) is 9.78 Å². The highest BCUT2D eigenvalue weighted by Gasteiger charge is 2.21. The number of pyridine rings is 1. The number of carbonyl (C=O) groups excluding carboxylic acids is 1. The molecule has 0 spiro atoms. The van der Waals surface area contributed by atoms with E-state index in [1.807, 2.05) is 41.0 Å². The van der Waals surface area contributed by atoms with E-state index >= 15 is 0 Å². The lowest BCUT2D eigenvalue weighted by atomic mass is 10.2. The van der Waals surface area contributed by atoms with E-state index in [4.69, 9.17) is 4.63 Å². The Labute approximate surface area is 142 Å². The first-order chi connectivity index (χ1) is 12.2. The molecule has 124 valence electrons. The number of para-hydroxylation sites is 2. The van der Waals surface area contributed by atoms with E-state index in [9.17, 15) is 4.79 Å². The molecule has 0 unspecified atom stereocenters. The molecule has 0 aliphatic carbocycles. The van der Waals surface area contributed by atoms with Crippen molar-refractivity contribution in [1.29, 1.82) is 0 Å². The molecule has 0 atom stereocenters. The van der Waals surface area contributed by atoms with Crippen LogP contribution in [0.15, 0.2) is 53.4 Å². The first kappa shape index (κ1) is 15.0. The molecule has 0 fully saturated rings. The van der Waals surface area contributed by atoms with E-state index in [-0.39, 0.29) is 11.7 Å². The standard InChI is InChI=1S/C17H14N6O2/c1-11(24)19-16-15(21-25-22-16)17-20-13-4-2-3-5-14(13)23(17)10-12-6-8-18-9-7-12/h2-9H,10H2,1H3,(H,19,22,24). The van der Waals surface area contributed by atoms with Gasteiger partial charge in [0.15, 0.2) is 11.5 Å². The first-order valence-corrected chi connectivity index (χ1v) is 7.67. The molecule has 0 radical (unpaired) electrons. The van der Waals surface area contributed by atoms with Gasteiger partial charge in [-0.15, -0.1) is 0 Å². The number of nitrogens with zero attached hydrogens (tertiary/aromatic N) is 5. The van der Waals surface area contributed by atoms with Crippen LogP contribution in [0.5, 0.6) is 0 Å². The zero-order valence-corrected chi connectivity index (χ0v) is 13.4. The van der Waals surface area contributed by atoms with Crippen LogP contribution in [-0.4, -0.2) is 30.8 Å². The van der Waals surface area contributed by atoms with Gasteiger partial charge in [-0.25, -0.2) is 9.61 Å². The SMILES string of the molecule is CC(=O)Nc1nonc1-c1nc2ccccc2n1Cc1ccncc1. The lowest BCUT2D eigenvalue weighted by molar-refractivity contribution is -0.114. The average molecular weight is 334 g/mol. The fraction of sp³-hybridized carbons (Fsp3) is 0.118. The van der Waals surface area contributed by atoms with E-state index in [0.717, 1.165) is 16.6 Å². The van der Waals surface area contributed by atoms with Gasteiger partial charge >= 0.3 is 0 Å². The van der Waals surface area contributed by atoms with Crippen LogP contribution in [-0.2, 0) is 11.3 Å². The summed E-state index contributed by atoms with van der Waals surface area (Å²) in [5.41, 5.74) is 3.23. The molecule has 0 saturated heterocycles. The predicted octanol–water partition coefficient (Wildman–Crippen LogP) is 2.49. The third kappa shape index (κ3) is 2.85. The minimum absolute atomic E-state index is 0.249. The Hall–Kier alpha value is -3.55. The maximum absolute atomic E-state index is 11.4. The van der Waals surface area contributed by atoms with Crippen LogP contribution in [0.4, 0.5) is 5.82 Å². The number of hydrogen-bond acceptors (Lipinski definition) is 6. The molecular formula is C17H14N6O2. The van der Waals surface area contributed by atoms with Crippen LogP contribution in [0.25, 0.3) is 22.6 Å². The van der Waals surface area contributed by atoms with Crippen molar-refractivity contribution in [3.63, 3.8) is 0 Å². The smallest absolute Gasteiger partial charge is 0.222 e. The molecule has 0 bridgehead atoms. The summed E-state index contributed by atoms with van der Waals surface area (Å²) in [7, 11) is 0. The Bertz CT molecular complexity index is 1040. The van der Waals surface area contributed by atoms with E-state index in [1.54, 1.807) is 12.4 Å². The Morgan fingerprint density at radius 3 is 2.76 bits per heavy atom. The lowest BCUT2D eigenvalue weighted by Crippen LogP contribution is -2.09. The highest BCUT2D eigenvalue weighted by Crippen LogP contribution is 2.28. The van der Waals surface area contributed by atoms with Gasteiger partial charge in [0.05, 0.1) is 11.0 Å². The van der Waals surface area contributed by atoms with Crippen LogP contribution < -0.4 is 5.32 Å². The zero-order valence-electron chi connectivity index (χ0n) is 13.4. The molecule has 3 heterocycles. The Balaban J connectivity index is 1.88. The summed E-state index contributed by atoms with van der Waals surface area (Å²) in [6.45, 7) is 1.98. The molecule has 8 heteroatoms. The van der Waals surface area contributed by atoms with Gasteiger partial charge in [-0.2, -0.15) is 0 Å². The average Bonchev–Trinajstić information content (AvgIpc) is 3.20. The fourth-order valence-corrected chi connectivity index (χ4v) is 2.67. The van der Waals surface area contributed by atoms with Gasteiger partial charge in [0.1, 0.15) is 0 Å². The normalized spacial score (nSPS) is 10.9. The molecule has 1 amide bonds. The minimum atomic E-state index is -0.256. The highest BCUT2D eigenvalue weighted by atomic mass is 16.6. The van der Waals surface area contributed by atoms with Gasteiger partial charge in [-0.1, -0.05) is 12.1 Å². The van der Waals surface area contributed by atoms with Crippen molar-refractivity contribution in [3.8, 4) is 11.5 Å². The van der Waals surface area contributed by atoms with E-state index in [2.05, 4.69) is 25.6 Å². The maximum Gasteiger partial charge on any atom is 0.222 e. The number of rotatable bonds is 4. The number of benzene rings is 1. The number of amides is 1. The molecule has 1 N–H and O–H groups in total. The number of carbonyl (C=O) groups is 1. The second-order valence-corrected chi connectivity index (χ2v) is 5.51. The molecule has 1 aromatic carbocycles. The van der Waals surface area contributed by atoms with E-state index in [1.165, 1.54) is 6.92 Å². The van der Waals surface area contributed by atoms with Crippen molar-refractivity contribution in [3.05, 3.63) is 54.4 Å². The molecule has 0 aliphatic heterocycles. The van der Waals surface area contributed by atoms with E-state index in [0.29, 0.717) is 18.1 Å². The summed E-state index contributed by atoms with van der Waals surface area (Å²) in [6, 6.07) is 11.7. The highest BCUT2D eigenvalue weighted by molar-refractivity contribution is 5.91. The Morgan fingerprint density at radius 1 is 1.16 bits per heavy atom. The van der Waals surface area contributed by atoms with Crippen LogP contribution >= 0.6 is 0 Å². The quantitative estimate of drug-likeness (QED) is 0.615. The molecule has 4 aromatic rings. The van der Waals surface area contributed by atoms with Gasteiger partial charge in [0, 0.05) is 25.9 Å².